The number of aromatic hydroxyl groups is 1. The predicted molar refractivity (Wildman–Crippen MR) is 81.9 cm³/mol. The van der Waals surface area contributed by atoms with Crippen LogP contribution in [0.5, 0.6) is 5.75 Å². The second-order valence-corrected chi connectivity index (χ2v) is 6.27. The van der Waals surface area contributed by atoms with Crippen LogP contribution < -0.4 is 5.32 Å². The van der Waals surface area contributed by atoms with Gasteiger partial charge >= 0.3 is 0 Å². The summed E-state index contributed by atoms with van der Waals surface area (Å²) in [4.78, 5) is 0. The van der Waals surface area contributed by atoms with Gasteiger partial charge in [-0.1, -0.05) is 32.9 Å². The van der Waals surface area contributed by atoms with E-state index in [1.165, 1.54) is 5.56 Å². The van der Waals surface area contributed by atoms with E-state index in [4.69, 9.17) is 4.74 Å². The van der Waals surface area contributed by atoms with Crippen LogP contribution in [0.3, 0.4) is 0 Å². The molecule has 0 spiro atoms. The van der Waals surface area contributed by atoms with Crippen LogP contribution in [0, 0.1) is 5.41 Å². The van der Waals surface area contributed by atoms with Gasteiger partial charge in [0.25, 0.3) is 0 Å². The van der Waals surface area contributed by atoms with Gasteiger partial charge in [0, 0.05) is 24.1 Å². The second kappa shape index (κ2) is 6.15. The van der Waals surface area contributed by atoms with Crippen molar-refractivity contribution in [3.8, 4) is 5.75 Å². The molecule has 3 nitrogen and oxygen atoms in total. The first-order valence-electron chi connectivity index (χ1n) is 7.65. The molecular weight excluding hydrogens is 250 g/mol. The highest BCUT2D eigenvalue weighted by Gasteiger charge is 2.49. The van der Waals surface area contributed by atoms with Gasteiger partial charge in [-0.2, -0.15) is 0 Å². The summed E-state index contributed by atoms with van der Waals surface area (Å²) >= 11 is 0. The first-order chi connectivity index (χ1) is 9.48. The monoisotopic (exact) mass is 277 g/mol. The van der Waals surface area contributed by atoms with Gasteiger partial charge in [0.2, 0.25) is 0 Å². The largest absolute Gasteiger partial charge is 0.508 e. The molecule has 0 bridgehead atoms. The number of hydrogen-bond donors (Lipinski definition) is 2. The fourth-order valence-corrected chi connectivity index (χ4v) is 3.05. The van der Waals surface area contributed by atoms with E-state index < -0.39 is 0 Å². The smallest absolute Gasteiger partial charge is 0.115 e. The van der Waals surface area contributed by atoms with Crippen molar-refractivity contribution in [2.24, 2.45) is 5.41 Å². The Bertz CT molecular complexity index is 427. The molecule has 2 N–H and O–H groups in total. The lowest BCUT2D eigenvalue weighted by molar-refractivity contribution is -0.116. The number of phenolic OH excluding ortho intramolecular Hbond substituents is 1. The van der Waals surface area contributed by atoms with Crippen LogP contribution in [0.4, 0.5) is 0 Å². The van der Waals surface area contributed by atoms with Crippen molar-refractivity contribution in [3.63, 3.8) is 0 Å². The van der Waals surface area contributed by atoms with Gasteiger partial charge in [-0.05, 0) is 37.5 Å². The van der Waals surface area contributed by atoms with E-state index in [2.05, 4.69) is 33.0 Å². The molecule has 2 rings (SSSR count). The molecule has 0 aromatic heterocycles. The minimum absolute atomic E-state index is 0.181. The van der Waals surface area contributed by atoms with E-state index in [1.807, 2.05) is 12.1 Å². The normalized spacial score (nSPS) is 26.0. The molecule has 0 heterocycles. The van der Waals surface area contributed by atoms with Crippen LogP contribution >= 0.6 is 0 Å². The molecule has 1 aliphatic carbocycles. The van der Waals surface area contributed by atoms with Gasteiger partial charge in [0.05, 0.1) is 6.10 Å². The zero-order chi connectivity index (χ0) is 14.8. The maximum atomic E-state index is 9.39. The van der Waals surface area contributed by atoms with Gasteiger partial charge in [-0.3, -0.25) is 0 Å². The average molecular weight is 277 g/mol. The molecule has 0 aliphatic heterocycles. The summed E-state index contributed by atoms with van der Waals surface area (Å²) in [6.45, 7) is 9.59. The molecular formula is C17H27NO2. The standard InChI is InChI=1S/C17H27NO2/c1-5-14(12-7-9-13(19)10-8-12)18-15-11-16(20-6-2)17(15,3)4/h7-10,14-16,18-19H,5-6,11H2,1-4H3. The van der Waals surface area contributed by atoms with Crippen LogP contribution in [0.1, 0.15) is 52.1 Å². The molecule has 1 aromatic rings. The minimum atomic E-state index is 0.181. The van der Waals surface area contributed by atoms with E-state index in [1.54, 1.807) is 12.1 Å². The molecule has 0 radical (unpaired) electrons. The number of benzene rings is 1. The molecule has 1 saturated carbocycles. The number of nitrogens with one attached hydrogen (secondary N) is 1. The molecule has 3 atom stereocenters. The molecule has 112 valence electrons. The zero-order valence-electron chi connectivity index (χ0n) is 13.0. The summed E-state index contributed by atoms with van der Waals surface area (Å²) in [6.07, 6.45) is 2.48. The Labute approximate surface area is 122 Å². The summed E-state index contributed by atoms with van der Waals surface area (Å²) in [6, 6.07) is 8.34. The van der Waals surface area contributed by atoms with E-state index in [0.717, 1.165) is 19.4 Å². The predicted octanol–water partition coefficient (Wildman–Crippen LogP) is 3.64. The fraction of sp³-hybridized carbons (Fsp3) is 0.647. The van der Waals surface area contributed by atoms with Gasteiger partial charge in [0.15, 0.2) is 0 Å². The Morgan fingerprint density at radius 1 is 1.30 bits per heavy atom. The van der Waals surface area contributed by atoms with Crippen molar-refractivity contribution < 1.29 is 9.84 Å². The van der Waals surface area contributed by atoms with Crippen molar-refractivity contribution in [2.75, 3.05) is 6.61 Å². The molecule has 0 saturated heterocycles. The van der Waals surface area contributed by atoms with Crippen LogP contribution in [0.25, 0.3) is 0 Å². The van der Waals surface area contributed by atoms with E-state index >= 15 is 0 Å². The first-order valence-corrected chi connectivity index (χ1v) is 7.65. The summed E-state index contributed by atoms with van der Waals surface area (Å²) in [7, 11) is 0. The molecule has 20 heavy (non-hydrogen) atoms. The van der Waals surface area contributed by atoms with Crippen molar-refractivity contribution >= 4 is 0 Å². The third kappa shape index (κ3) is 2.99. The highest BCUT2D eigenvalue weighted by atomic mass is 16.5. The maximum absolute atomic E-state index is 9.39. The van der Waals surface area contributed by atoms with Crippen molar-refractivity contribution in [2.45, 2.75) is 58.7 Å². The van der Waals surface area contributed by atoms with E-state index in [9.17, 15) is 5.11 Å². The number of hydrogen-bond acceptors (Lipinski definition) is 3. The van der Waals surface area contributed by atoms with E-state index in [-0.39, 0.29) is 5.41 Å². The summed E-state index contributed by atoms with van der Waals surface area (Å²) in [5, 5.41) is 13.1. The third-order valence-corrected chi connectivity index (χ3v) is 4.65. The van der Waals surface area contributed by atoms with Gasteiger partial charge in [-0.25, -0.2) is 0 Å². The van der Waals surface area contributed by atoms with Crippen LogP contribution in [0.15, 0.2) is 24.3 Å². The van der Waals surface area contributed by atoms with E-state index in [0.29, 0.717) is 23.9 Å². The Hall–Kier alpha value is -1.06. The highest BCUT2D eigenvalue weighted by Crippen LogP contribution is 2.44. The number of rotatable bonds is 6. The van der Waals surface area contributed by atoms with Gasteiger partial charge in [0.1, 0.15) is 5.75 Å². The lowest BCUT2D eigenvalue weighted by atomic mass is 9.64. The van der Waals surface area contributed by atoms with Crippen molar-refractivity contribution in [3.05, 3.63) is 29.8 Å². The van der Waals surface area contributed by atoms with Crippen molar-refractivity contribution in [1.29, 1.82) is 0 Å². The van der Waals surface area contributed by atoms with Crippen LogP contribution in [-0.2, 0) is 4.74 Å². The lowest BCUT2D eigenvalue weighted by Gasteiger charge is -2.53. The summed E-state index contributed by atoms with van der Waals surface area (Å²) in [5.41, 5.74) is 1.42. The first kappa shape index (κ1) is 15.3. The Balaban J connectivity index is 2.00. The number of ether oxygens (including phenoxy) is 1. The van der Waals surface area contributed by atoms with Crippen LogP contribution in [0.2, 0.25) is 0 Å². The summed E-state index contributed by atoms with van der Waals surface area (Å²) < 4.78 is 5.79. The topological polar surface area (TPSA) is 41.5 Å². The zero-order valence-corrected chi connectivity index (χ0v) is 13.0. The molecule has 3 heteroatoms. The molecule has 0 amide bonds. The molecule has 1 aliphatic rings. The molecule has 1 aromatic carbocycles. The third-order valence-electron chi connectivity index (χ3n) is 4.65. The molecule has 3 unspecified atom stereocenters. The number of phenols is 1. The minimum Gasteiger partial charge on any atom is -0.508 e. The SMILES string of the molecule is CCOC1CC(NC(CC)c2ccc(O)cc2)C1(C)C. The van der Waals surface area contributed by atoms with Crippen LogP contribution in [-0.4, -0.2) is 23.9 Å². The second-order valence-electron chi connectivity index (χ2n) is 6.27. The highest BCUT2D eigenvalue weighted by molar-refractivity contribution is 5.28. The van der Waals surface area contributed by atoms with Gasteiger partial charge < -0.3 is 15.2 Å². The van der Waals surface area contributed by atoms with Gasteiger partial charge in [-0.15, -0.1) is 0 Å². The Morgan fingerprint density at radius 3 is 2.45 bits per heavy atom. The Morgan fingerprint density at radius 2 is 1.95 bits per heavy atom. The quantitative estimate of drug-likeness (QED) is 0.834. The molecule has 1 fully saturated rings. The summed E-state index contributed by atoms with van der Waals surface area (Å²) in [5.74, 6) is 0.323. The van der Waals surface area contributed by atoms with Crippen molar-refractivity contribution in [1.82, 2.24) is 5.32 Å². The maximum Gasteiger partial charge on any atom is 0.115 e. The lowest BCUT2D eigenvalue weighted by Crippen LogP contribution is -2.61. The fourth-order valence-electron chi connectivity index (χ4n) is 3.05. The Kier molecular flexibility index (Phi) is 4.71. The average Bonchev–Trinajstić information content (AvgIpc) is 2.43.